The maximum atomic E-state index is 12.4. The van der Waals surface area contributed by atoms with Gasteiger partial charge in [0.05, 0.1) is 6.42 Å². The molecule has 0 heterocycles. The van der Waals surface area contributed by atoms with Crippen molar-refractivity contribution in [1.29, 1.82) is 0 Å². The number of carboxylic acid groups (broad SMARTS) is 1. The molecule has 0 saturated heterocycles. The van der Waals surface area contributed by atoms with E-state index in [1.54, 1.807) is 20.8 Å². The van der Waals surface area contributed by atoms with E-state index in [1.165, 1.54) is 6.92 Å². The Morgan fingerprint density at radius 1 is 1.15 bits per heavy atom. The van der Waals surface area contributed by atoms with Gasteiger partial charge in [-0.1, -0.05) is 0 Å². The van der Waals surface area contributed by atoms with Gasteiger partial charge in [0.1, 0.15) is 6.54 Å². The van der Waals surface area contributed by atoms with Crippen molar-refractivity contribution in [1.82, 2.24) is 9.80 Å². The first-order valence-electron chi connectivity index (χ1n) is 6.23. The van der Waals surface area contributed by atoms with E-state index in [9.17, 15) is 22.8 Å². The van der Waals surface area contributed by atoms with E-state index < -0.39 is 30.3 Å². The summed E-state index contributed by atoms with van der Waals surface area (Å²) < 4.78 is 37.3. The molecular weight excluding hydrogens is 277 g/mol. The molecule has 0 atom stereocenters. The Morgan fingerprint density at radius 2 is 1.65 bits per heavy atom. The standard InChI is InChI=1S/C12H21F3N2O3/c1-5-16(8-12(13,14)15)10(20)17(11(2,3)4)7-6-9(18)19/h5-8H2,1-4H3,(H,18,19). The summed E-state index contributed by atoms with van der Waals surface area (Å²) in [5, 5.41) is 8.66. The van der Waals surface area contributed by atoms with Crippen LogP contribution in [-0.4, -0.2) is 58.3 Å². The van der Waals surface area contributed by atoms with Gasteiger partial charge < -0.3 is 14.9 Å². The second kappa shape index (κ2) is 6.81. The van der Waals surface area contributed by atoms with Crippen molar-refractivity contribution in [2.75, 3.05) is 19.6 Å². The summed E-state index contributed by atoms with van der Waals surface area (Å²) in [6, 6.07) is -0.807. The lowest BCUT2D eigenvalue weighted by atomic mass is 10.1. The summed E-state index contributed by atoms with van der Waals surface area (Å²) in [7, 11) is 0. The number of halogens is 3. The first-order chi connectivity index (χ1) is 8.88. The van der Waals surface area contributed by atoms with Crippen molar-refractivity contribution in [3.63, 3.8) is 0 Å². The highest BCUT2D eigenvalue weighted by molar-refractivity contribution is 5.76. The van der Waals surface area contributed by atoms with Crippen LogP contribution in [0.4, 0.5) is 18.0 Å². The second-order valence-electron chi connectivity index (χ2n) is 5.38. The van der Waals surface area contributed by atoms with E-state index in [1.807, 2.05) is 0 Å². The van der Waals surface area contributed by atoms with Crippen molar-refractivity contribution in [2.24, 2.45) is 0 Å². The number of carbonyl (C=O) groups is 2. The zero-order valence-corrected chi connectivity index (χ0v) is 12.1. The molecule has 8 heteroatoms. The number of amides is 2. The third kappa shape index (κ3) is 6.63. The highest BCUT2D eigenvalue weighted by Crippen LogP contribution is 2.21. The molecule has 0 radical (unpaired) electrons. The lowest BCUT2D eigenvalue weighted by Gasteiger charge is -2.39. The molecule has 118 valence electrons. The summed E-state index contributed by atoms with van der Waals surface area (Å²) in [6.45, 7) is 4.81. The van der Waals surface area contributed by atoms with Crippen LogP contribution in [0.15, 0.2) is 0 Å². The molecule has 0 rings (SSSR count). The number of urea groups is 1. The summed E-state index contributed by atoms with van der Waals surface area (Å²) in [6.07, 6.45) is -4.80. The Balaban J connectivity index is 5.04. The molecule has 0 spiro atoms. The Bertz CT molecular complexity index is 351. The van der Waals surface area contributed by atoms with E-state index in [0.717, 1.165) is 4.90 Å². The van der Waals surface area contributed by atoms with Crippen molar-refractivity contribution in [3.05, 3.63) is 0 Å². The fourth-order valence-corrected chi connectivity index (χ4v) is 1.63. The normalized spacial score (nSPS) is 12.2. The average molecular weight is 298 g/mol. The molecule has 1 N–H and O–H groups in total. The largest absolute Gasteiger partial charge is 0.481 e. The molecule has 2 amide bonds. The molecule has 0 aliphatic rings. The van der Waals surface area contributed by atoms with Gasteiger partial charge in [-0.2, -0.15) is 13.2 Å². The second-order valence-corrected chi connectivity index (χ2v) is 5.38. The number of rotatable bonds is 5. The van der Waals surface area contributed by atoms with Crippen LogP contribution in [0.2, 0.25) is 0 Å². The van der Waals surface area contributed by atoms with Gasteiger partial charge in [-0.3, -0.25) is 4.79 Å². The van der Waals surface area contributed by atoms with Gasteiger partial charge in [-0.15, -0.1) is 0 Å². The molecule has 20 heavy (non-hydrogen) atoms. The highest BCUT2D eigenvalue weighted by atomic mass is 19.4. The number of hydrogen-bond donors (Lipinski definition) is 1. The Labute approximate surface area is 116 Å². The van der Waals surface area contributed by atoms with Crippen LogP contribution >= 0.6 is 0 Å². The molecule has 0 saturated carbocycles. The van der Waals surface area contributed by atoms with Crippen LogP contribution in [0, 0.1) is 0 Å². The number of alkyl halides is 3. The lowest BCUT2D eigenvalue weighted by Crippen LogP contribution is -2.54. The third-order valence-electron chi connectivity index (χ3n) is 2.61. The van der Waals surface area contributed by atoms with Gasteiger partial charge in [0.15, 0.2) is 0 Å². The summed E-state index contributed by atoms with van der Waals surface area (Å²) in [5.74, 6) is -1.11. The monoisotopic (exact) mass is 298 g/mol. The molecular formula is C12H21F3N2O3. The maximum absolute atomic E-state index is 12.4. The average Bonchev–Trinajstić information content (AvgIpc) is 2.22. The zero-order valence-electron chi connectivity index (χ0n) is 12.1. The Morgan fingerprint density at radius 3 is 1.95 bits per heavy atom. The van der Waals surface area contributed by atoms with E-state index in [-0.39, 0.29) is 19.5 Å². The van der Waals surface area contributed by atoms with Gasteiger partial charge >= 0.3 is 18.2 Å². The Kier molecular flexibility index (Phi) is 6.31. The highest BCUT2D eigenvalue weighted by Gasteiger charge is 2.36. The topological polar surface area (TPSA) is 60.9 Å². The lowest BCUT2D eigenvalue weighted by molar-refractivity contribution is -0.142. The van der Waals surface area contributed by atoms with Crippen LogP contribution in [0.1, 0.15) is 34.1 Å². The minimum absolute atomic E-state index is 0.0992. The zero-order chi connectivity index (χ0) is 16.1. The van der Waals surface area contributed by atoms with E-state index in [0.29, 0.717) is 4.90 Å². The van der Waals surface area contributed by atoms with Gasteiger partial charge in [0.25, 0.3) is 0 Å². The molecule has 0 aliphatic carbocycles. The van der Waals surface area contributed by atoms with E-state index >= 15 is 0 Å². The first-order valence-corrected chi connectivity index (χ1v) is 6.23. The van der Waals surface area contributed by atoms with Gasteiger partial charge in [0, 0.05) is 18.6 Å². The molecule has 0 aromatic rings. The van der Waals surface area contributed by atoms with Crippen LogP contribution in [0.5, 0.6) is 0 Å². The third-order valence-corrected chi connectivity index (χ3v) is 2.61. The van der Waals surface area contributed by atoms with Gasteiger partial charge in [0.2, 0.25) is 0 Å². The van der Waals surface area contributed by atoms with Crippen molar-refractivity contribution < 1.29 is 27.9 Å². The molecule has 0 bridgehead atoms. The summed E-state index contributed by atoms with van der Waals surface area (Å²) in [4.78, 5) is 24.6. The predicted molar refractivity (Wildman–Crippen MR) is 67.4 cm³/mol. The minimum atomic E-state index is -4.48. The molecule has 5 nitrogen and oxygen atoms in total. The SMILES string of the molecule is CCN(CC(F)(F)F)C(=O)N(CCC(=O)O)C(C)(C)C. The number of hydrogen-bond acceptors (Lipinski definition) is 2. The van der Waals surface area contributed by atoms with E-state index in [2.05, 4.69) is 0 Å². The van der Waals surface area contributed by atoms with Crippen LogP contribution < -0.4 is 0 Å². The van der Waals surface area contributed by atoms with Crippen LogP contribution in [0.25, 0.3) is 0 Å². The minimum Gasteiger partial charge on any atom is -0.481 e. The number of nitrogens with zero attached hydrogens (tertiary/aromatic N) is 2. The van der Waals surface area contributed by atoms with E-state index in [4.69, 9.17) is 5.11 Å². The first kappa shape index (κ1) is 18.5. The van der Waals surface area contributed by atoms with Crippen molar-refractivity contribution in [2.45, 2.75) is 45.8 Å². The summed E-state index contributed by atoms with van der Waals surface area (Å²) >= 11 is 0. The summed E-state index contributed by atoms with van der Waals surface area (Å²) in [5.41, 5.74) is -0.758. The predicted octanol–water partition coefficient (Wildman–Crippen LogP) is 2.57. The Hall–Kier alpha value is -1.47. The molecule has 0 aromatic carbocycles. The van der Waals surface area contributed by atoms with Crippen molar-refractivity contribution >= 4 is 12.0 Å². The molecule has 0 aromatic heterocycles. The van der Waals surface area contributed by atoms with Gasteiger partial charge in [-0.05, 0) is 27.7 Å². The smallest absolute Gasteiger partial charge is 0.406 e. The van der Waals surface area contributed by atoms with Crippen molar-refractivity contribution in [3.8, 4) is 0 Å². The fourth-order valence-electron chi connectivity index (χ4n) is 1.63. The maximum Gasteiger partial charge on any atom is 0.406 e. The number of carbonyl (C=O) groups excluding carboxylic acids is 1. The fraction of sp³-hybridized carbons (Fsp3) is 0.833. The molecule has 0 unspecified atom stereocenters. The molecule has 0 fully saturated rings. The van der Waals surface area contributed by atoms with Gasteiger partial charge in [-0.25, -0.2) is 4.79 Å². The van der Waals surface area contributed by atoms with Crippen LogP contribution in [-0.2, 0) is 4.79 Å². The van der Waals surface area contributed by atoms with Crippen LogP contribution in [0.3, 0.4) is 0 Å². The number of carboxylic acids is 1. The molecule has 0 aliphatic heterocycles. The quantitative estimate of drug-likeness (QED) is 0.848. The number of aliphatic carboxylic acids is 1.